The molecule has 0 saturated carbocycles. The largest absolute Gasteiger partial charge is 0.495 e. The van der Waals surface area contributed by atoms with Gasteiger partial charge in [0.05, 0.1) is 24.4 Å². The Morgan fingerprint density at radius 3 is 2.67 bits per heavy atom. The van der Waals surface area contributed by atoms with Crippen molar-refractivity contribution in [2.75, 3.05) is 12.4 Å². The highest BCUT2D eigenvalue weighted by atomic mass is 35.5. The fraction of sp³-hybridized carbons (Fsp3) is 0.211. The SMILES string of the molecule is COc1ccc(NC(N)=NCc2ccc(-n3nc(C)cc3C)nc2)cc1Cl. The van der Waals surface area contributed by atoms with Crippen LogP contribution in [0, 0.1) is 13.8 Å². The molecule has 140 valence electrons. The van der Waals surface area contributed by atoms with E-state index >= 15 is 0 Å². The molecule has 3 aromatic rings. The number of rotatable bonds is 5. The van der Waals surface area contributed by atoms with Crippen LogP contribution in [0.15, 0.2) is 47.6 Å². The number of anilines is 1. The van der Waals surface area contributed by atoms with E-state index in [1.165, 1.54) is 0 Å². The van der Waals surface area contributed by atoms with Crippen LogP contribution < -0.4 is 15.8 Å². The molecule has 0 aliphatic carbocycles. The molecule has 2 aromatic heterocycles. The fourth-order valence-electron chi connectivity index (χ4n) is 2.60. The average molecular weight is 385 g/mol. The molecule has 0 spiro atoms. The second-order valence-electron chi connectivity index (χ2n) is 6.04. The number of hydrogen-bond donors (Lipinski definition) is 2. The van der Waals surface area contributed by atoms with Crippen molar-refractivity contribution in [1.82, 2.24) is 14.8 Å². The van der Waals surface area contributed by atoms with Gasteiger partial charge < -0.3 is 15.8 Å². The van der Waals surface area contributed by atoms with Crippen molar-refractivity contribution in [2.45, 2.75) is 20.4 Å². The summed E-state index contributed by atoms with van der Waals surface area (Å²) in [5.41, 5.74) is 9.62. The number of methoxy groups -OCH3 is 1. The van der Waals surface area contributed by atoms with E-state index < -0.39 is 0 Å². The van der Waals surface area contributed by atoms with E-state index in [9.17, 15) is 0 Å². The van der Waals surface area contributed by atoms with Crippen LogP contribution in [-0.4, -0.2) is 27.8 Å². The van der Waals surface area contributed by atoms with Gasteiger partial charge in [-0.15, -0.1) is 0 Å². The van der Waals surface area contributed by atoms with E-state index in [1.807, 2.05) is 42.8 Å². The molecule has 0 bridgehead atoms. The Kier molecular flexibility index (Phi) is 5.61. The Balaban J connectivity index is 1.65. The van der Waals surface area contributed by atoms with Crippen molar-refractivity contribution in [3.63, 3.8) is 0 Å². The van der Waals surface area contributed by atoms with Gasteiger partial charge in [-0.25, -0.2) is 14.7 Å². The molecular formula is C19H21ClN6O. The summed E-state index contributed by atoms with van der Waals surface area (Å²) in [5, 5.41) is 7.93. The molecule has 3 N–H and O–H groups in total. The molecule has 0 aliphatic rings. The highest BCUT2D eigenvalue weighted by Crippen LogP contribution is 2.27. The third kappa shape index (κ3) is 4.57. The summed E-state index contributed by atoms with van der Waals surface area (Å²) in [6.45, 7) is 4.36. The summed E-state index contributed by atoms with van der Waals surface area (Å²) < 4.78 is 6.94. The number of nitrogens with zero attached hydrogens (tertiary/aromatic N) is 4. The van der Waals surface area contributed by atoms with Crippen molar-refractivity contribution in [1.29, 1.82) is 0 Å². The van der Waals surface area contributed by atoms with E-state index in [-0.39, 0.29) is 0 Å². The van der Waals surface area contributed by atoms with Crippen molar-refractivity contribution in [3.8, 4) is 11.6 Å². The molecule has 27 heavy (non-hydrogen) atoms. The second-order valence-corrected chi connectivity index (χ2v) is 6.45. The van der Waals surface area contributed by atoms with Crippen LogP contribution in [0.2, 0.25) is 5.02 Å². The minimum atomic E-state index is 0.291. The molecular weight excluding hydrogens is 364 g/mol. The van der Waals surface area contributed by atoms with Gasteiger partial charge in [0, 0.05) is 17.6 Å². The van der Waals surface area contributed by atoms with Crippen molar-refractivity contribution < 1.29 is 4.74 Å². The molecule has 0 unspecified atom stereocenters. The minimum Gasteiger partial charge on any atom is -0.495 e. The number of hydrogen-bond acceptors (Lipinski definition) is 4. The van der Waals surface area contributed by atoms with Crippen LogP contribution in [-0.2, 0) is 6.54 Å². The fourth-order valence-corrected chi connectivity index (χ4v) is 2.86. The summed E-state index contributed by atoms with van der Waals surface area (Å²) in [7, 11) is 1.57. The van der Waals surface area contributed by atoms with Crippen molar-refractivity contribution in [2.24, 2.45) is 10.7 Å². The number of aryl methyl sites for hydroxylation is 2. The molecule has 0 amide bonds. The third-order valence-electron chi connectivity index (χ3n) is 3.89. The normalized spacial score (nSPS) is 11.5. The van der Waals surface area contributed by atoms with Crippen LogP contribution in [0.1, 0.15) is 17.0 Å². The second kappa shape index (κ2) is 8.09. The van der Waals surface area contributed by atoms with E-state index in [4.69, 9.17) is 22.1 Å². The molecule has 7 nitrogen and oxygen atoms in total. The maximum atomic E-state index is 6.10. The Hall–Kier alpha value is -3.06. The lowest BCUT2D eigenvalue weighted by molar-refractivity contribution is 0.415. The standard InChI is InChI=1S/C19H21ClN6O/c1-12-8-13(2)26(25-12)18-7-4-14(10-22-18)11-23-19(21)24-15-5-6-17(27-3)16(20)9-15/h4-10H,11H2,1-3H3,(H3,21,23,24). The first-order valence-electron chi connectivity index (χ1n) is 8.35. The van der Waals surface area contributed by atoms with E-state index in [1.54, 1.807) is 25.4 Å². The highest BCUT2D eigenvalue weighted by Gasteiger charge is 2.05. The lowest BCUT2D eigenvalue weighted by Gasteiger charge is -2.08. The van der Waals surface area contributed by atoms with Crippen molar-refractivity contribution >= 4 is 23.2 Å². The first-order valence-corrected chi connectivity index (χ1v) is 8.73. The number of aromatic nitrogens is 3. The Labute approximate surface area is 162 Å². The van der Waals surface area contributed by atoms with Gasteiger partial charge in [0.2, 0.25) is 0 Å². The molecule has 0 atom stereocenters. The summed E-state index contributed by atoms with van der Waals surface area (Å²) in [5.74, 6) is 1.66. The number of nitrogens with one attached hydrogen (secondary N) is 1. The molecule has 0 fully saturated rings. The van der Waals surface area contributed by atoms with Gasteiger partial charge in [0.15, 0.2) is 11.8 Å². The van der Waals surface area contributed by atoms with Gasteiger partial charge in [-0.1, -0.05) is 17.7 Å². The zero-order chi connectivity index (χ0) is 19.4. The van der Waals surface area contributed by atoms with Crippen LogP contribution in [0.3, 0.4) is 0 Å². The Morgan fingerprint density at radius 2 is 2.07 bits per heavy atom. The van der Waals surface area contributed by atoms with Crippen molar-refractivity contribution in [3.05, 3.63) is 64.6 Å². The van der Waals surface area contributed by atoms with E-state index in [0.717, 1.165) is 28.5 Å². The van der Waals surface area contributed by atoms with Gasteiger partial charge in [0.25, 0.3) is 0 Å². The predicted octanol–water partition coefficient (Wildman–Crippen LogP) is 3.47. The Morgan fingerprint density at radius 1 is 1.26 bits per heavy atom. The molecule has 0 radical (unpaired) electrons. The van der Waals surface area contributed by atoms with Crippen LogP contribution in [0.25, 0.3) is 5.82 Å². The average Bonchev–Trinajstić information content (AvgIpc) is 2.99. The maximum Gasteiger partial charge on any atom is 0.193 e. The van der Waals surface area contributed by atoms with Gasteiger partial charge in [0.1, 0.15) is 5.75 Å². The monoisotopic (exact) mass is 384 g/mol. The number of aliphatic imine (C=N–C) groups is 1. The number of guanidine groups is 1. The Bertz CT molecular complexity index is 965. The molecule has 3 rings (SSSR count). The zero-order valence-corrected chi connectivity index (χ0v) is 16.2. The summed E-state index contributed by atoms with van der Waals surface area (Å²) in [4.78, 5) is 8.79. The van der Waals surface area contributed by atoms with Crippen LogP contribution in [0.4, 0.5) is 5.69 Å². The lowest BCUT2D eigenvalue weighted by atomic mass is 10.3. The predicted molar refractivity (Wildman–Crippen MR) is 108 cm³/mol. The molecule has 0 saturated heterocycles. The summed E-state index contributed by atoms with van der Waals surface area (Å²) in [6.07, 6.45) is 1.77. The molecule has 0 aliphatic heterocycles. The quantitative estimate of drug-likeness (QED) is 0.519. The summed E-state index contributed by atoms with van der Waals surface area (Å²) in [6, 6.07) is 11.2. The van der Waals surface area contributed by atoms with Crippen LogP contribution in [0.5, 0.6) is 5.75 Å². The summed E-state index contributed by atoms with van der Waals surface area (Å²) >= 11 is 6.10. The number of benzene rings is 1. The van der Waals surface area contributed by atoms with Gasteiger partial charge in [-0.05, 0) is 49.7 Å². The first kappa shape index (κ1) is 18.7. The lowest BCUT2D eigenvalue weighted by Crippen LogP contribution is -2.22. The number of halogens is 1. The van der Waals surface area contributed by atoms with E-state index in [0.29, 0.717) is 23.3 Å². The number of ether oxygens (including phenoxy) is 1. The van der Waals surface area contributed by atoms with E-state index in [2.05, 4.69) is 20.4 Å². The third-order valence-corrected chi connectivity index (χ3v) is 4.19. The molecule has 2 heterocycles. The van der Waals surface area contributed by atoms with Crippen LogP contribution >= 0.6 is 11.6 Å². The maximum absolute atomic E-state index is 6.10. The minimum absolute atomic E-state index is 0.291. The number of pyridine rings is 1. The number of nitrogens with two attached hydrogens (primary N) is 1. The van der Waals surface area contributed by atoms with Gasteiger partial charge in [-0.2, -0.15) is 5.10 Å². The molecule has 8 heteroatoms. The topological polar surface area (TPSA) is 90.3 Å². The first-order chi connectivity index (χ1) is 13.0. The highest BCUT2D eigenvalue weighted by molar-refractivity contribution is 6.32. The van der Waals surface area contributed by atoms with Gasteiger partial charge in [-0.3, -0.25) is 0 Å². The van der Waals surface area contributed by atoms with Gasteiger partial charge >= 0.3 is 0 Å². The zero-order valence-electron chi connectivity index (χ0n) is 15.4. The molecule has 1 aromatic carbocycles. The smallest absolute Gasteiger partial charge is 0.193 e.